The number of carboxylic acid groups (broad SMARTS) is 3. The first-order valence-electron chi connectivity index (χ1n) is 7.80. The summed E-state index contributed by atoms with van der Waals surface area (Å²) in [6, 6.07) is 0. The largest absolute Gasteiger partial charge is 0.481 e. The second kappa shape index (κ2) is 12.7. The summed E-state index contributed by atoms with van der Waals surface area (Å²) in [5.41, 5.74) is -2.91. The highest BCUT2D eigenvalue weighted by atomic mass is 16.6. The monoisotopic (exact) mass is 438 g/mol. The number of methoxy groups -OCH3 is 4. The molecule has 0 saturated heterocycles. The topological polar surface area (TPSA) is 217 Å². The number of ether oxygens (including phenoxy) is 4. The Bertz CT molecular complexity index is 611. The molecule has 0 spiro atoms. The molecule has 0 aromatic rings. The molecule has 170 valence electrons. The van der Waals surface area contributed by atoms with Crippen molar-refractivity contribution in [2.24, 2.45) is 17.3 Å². The van der Waals surface area contributed by atoms with E-state index in [1.54, 1.807) is 0 Å². The summed E-state index contributed by atoms with van der Waals surface area (Å²) in [5.74, 6) is -12.6. The van der Waals surface area contributed by atoms with Gasteiger partial charge in [-0.15, -0.1) is 0 Å². The molecule has 0 fully saturated rings. The van der Waals surface area contributed by atoms with Crippen LogP contribution in [0.5, 0.6) is 0 Å². The lowest BCUT2D eigenvalue weighted by Crippen LogP contribution is -2.54. The van der Waals surface area contributed by atoms with Crippen LogP contribution in [0, 0.1) is 17.3 Å². The molecular weight excluding hydrogens is 416 g/mol. The third-order valence-electron chi connectivity index (χ3n) is 3.56. The predicted octanol–water partition coefficient (Wildman–Crippen LogP) is -1.45. The molecule has 0 saturated carbocycles. The smallest absolute Gasteiger partial charge is 0.355 e. The fraction of sp³-hybridized carbons (Fsp3) is 0.562. The molecule has 14 heteroatoms. The van der Waals surface area contributed by atoms with Crippen molar-refractivity contribution in [1.29, 1.82) is 0 Å². The molecule has 0 rings (SSSR count). The van der Waals surface area contributed by atoms with Crippen LogP contribution < -0.4 is 0 Å². The highest BCUT2D eigenvalue weighted by Gasteiger charge is 2.65. The van der Waals surface area contributed by atoms with Crippen molar-refractivity contribution in [3.05, 3.63) is 0 Å². The van der Waals surface area contributed by atoms with Gasteiger partial charge in [0, 0.05) is 6.42 Å². The zero-order chi connectivity index (χ0) is 24.2. The van der Waals surface area contributed by atoms with E-state index in [1.807, 2.05) is 0 Å². The van der Waals surface area contributed by atoms with Gasteiger partial charge >= 0.3 is 47.2 Å². The van der Waals surface area contributed by atoms with Gasteiger partial charge < -0.3 is 34.3 Å². The normalized spacial score (nSPS) is 11.1. The maximum absolute atomic E-state index is 11.5. The van der Waals surface area contributed by atoms with Crippen LogP contribution in [-0.4, -0.2) is 85.5 Å². The zero-order valence-electron chi connectivity index (χ0n) is 16.7. The molecule has 0 aliphatic carbocycles. The molecule has 0 aromatic heterocycles. The van der Waals surface area contributed by atoms with E-state index in [2.05, 4.69) is 18.9 Å². The number of carbonyl (C=O) groups excluding carboxylic acids is 4. The summed E-state index contributed by atoms with van der Waals surface area (Å²) in [6.07, 6.45) is -0.469. The van der Waals surface area contributed by atoms with E-state index in [9.17, 15) is 33.6 Å². The van der Waals surface area contributed by atoms with E-state index >= 15 is 0 Å². The highest BCUT2D eigenvalue weighted by molar-refractivity contribution is 6.32. The van der Waals surface area contributed by atoms with Gasteiger partial charge in [-0.3, -0.25) is 14.4 Å². The Labute approximate surface area is 169 Å². The minimum Gasteiger partial charge on any atom is -0.481 e. The molecule has 0 amide bonds. The lowest BCUT2D eigenvalue weighted by atomic mass is 9.88. The van der Waals surface area contributed by atoms with Gasteiger partial charge in [-0.05, 0) is 5.92 Å². The van der Waals surface area contributed by atoms with Gasteiger partial charge in [-0.2, -0.15) is 0 Å². The van der Waals surface area contributed by atoms with Gasteiger partial charge in [-0.25, -0.2) is 19.2 Å². The summed E-state index contributed by atoms with van der Waals surface area (Å²) in [4.78, 5) is 77.0. The number of carboxylic acids is 3. The first kappa shape index (κ1) is 28.5. The Kier molecular flexibility index (Phi) is 12.1. The lowest BCUT2D eigenvalue weighted by Gasteiger charge is -2.22. The number of hydrogen-bond acceptors (Lipinski definition) is 11. The van der Waals surface area contributed by atoms with Gasteiger partial charge in [-0.1, -0.05) is 6.92 Å². The van der Waals surface area contributed by atoms with Crippen molar-refractivity contribution in [1.82, 2.24) is 0 Å². The molecule has 3 N–H and O–H groups in total. The molecule has 1 unspecified atom stereocenters. The Morgan fingerprint density at radius 3 is 1.10 bits per heavy atom. The van der Waals surface area contributed by atoms with Crippen molar-refractivity contribution >= 4 is 41.8 Å². The van der Waals surface area contributed by atoms with Crippen LogP contribution in [0.15, 0.2) is 0 Å². The molecule has 0 heterocycles. The maximum atomic E-state index is 11.5. The van der Waals surface area contributed by atoms with Gasteiger partial charge in [0.2, 0.25) is 0 Å². The minimum absolute atomic E-state index is 0.469. The Hall–Kier alpha value is -3.71. The van der Waals surface area contributed by atoms with E-state index in [-0.39, 0.29) is 0 Å². The minimum atomic E-state index is -2.91. The van der Waals surface area contributed by atoms with Crippen LogP contribution in [0.2, 0.25) is 0 Å². The Balaban J connectivity index is 0. The van der Waals surface area contributed by atoms with E-state index < -0.39 is 65.5 Å². The predicted molar refractivity (Wildman–Crippen MR) is 90.7 cm³/mol. The van der Waals surface area contributed by atoms with E-state index in [4.69, 9.17) is 15.3 Å². The molecule has 14 nitrogen and oxygen atoms in total. The fourth-order valence-electron chi connectivity index (χ4n) is 2.10. The van der Waals surface area contributed by atoms with Crippen molar-refractivity contribution in [2.75, 3.05) is 28.4 Å². The summed E-state index contributed by atoms with van der Waals surface area (Å²) < 4.78 is 17.0. The van der Waals surface area contributed by atoms with Crippen molar-refractivity contribution in [3.8, 4) is 0 Å². The SMILES string of the molecule is CC(CC(=O)O)C(C(=O)O)C(=O)O.COC(=O)C(C(=O)OC)(C(=O)OC)C(=O)OC. The van der Waals surface area contributed by atoms with Crippen molar-refractivity contribution < 1.29 is 67.8 Å². The van der Waals surface area contributed by atoms with E-state index in [1.165, 1.54) is 6.92 Å². The first-order valence-corrected chi connectivity index (χ1v) is 7.80. The summed E-state index contributed by atoms with van der Waals surface area (Å²) in [6.45, 7) is 1.28. The molecule has 0 aliphatic rings. The quantitative estimate of drug-likeness (QED) is 0.213. The molecule has 1 atom stereocenters. The lowest BCUT2D eigenvalue weighted by molar-refractivity contribution is -0.189. The number of rotatable bonds is 9. The Morgan fingerprint density at radius 2 is 0.933 bits per heavy atom. The van der Waals surface area contributed by atoms with Crippen LogP contribution in [-0.2, 0) is 52.5 Å². The average Bonchev–Trinajstić information content (AvgIpc) is 2.66. The fourth-order valence-corrected chi connectivity index (χ4v) is 2.10. The van der Waals surface area contributed by atoms with Crippen LogP contribution in [0.4, 0.5) is 0 Å². The molecule has 30 heavy (non-hydrogen) atoms. The van der Waals surface area contributed by atoms with Gasteiger partial charge in [0.05, 0.1) is 28.4 Å². The maximum Gasteiger partial charge on any atom is 0.355 e. The number of hydrogen-bond donors (Lipinski definition) is 3. The average molecular weight is 438 g/mol. The third kappa shape index (κ3) is 6.72. The molecular formula is C16H22O14. The second-order valence-electron chi connectivity index (χ2n) is 5.45. The van der Waals surface area contributed by atoms with Gasteiger partial charge in [0.15, 0.2) is 5.92 Å². The molecule has 0 radical (unpaired) electrons. The zero-order valence-corrected chi connectivity index (χ0v) is 16.7. The van der Waals surface area contributed by atoms with Crippen LogP contribution >= 0.6 is 0 Å². The summed E-state index contributed by atoms with van der Waals surface area (Å²) in [7, 11) is 3.58. The van der Waals surface area contributed by atoms with Gasteiger partial charge in [0.1, 0.15) is 0 Å². The van der Waals surface area contributed by atoms with Crippen LogP contribution in [0.25, 0.3) is 0 Å². The second-order valence-corrected chi connectivity index (χ2v) is 5.45. The Morgan fingerprint density at radius 1 is 0.667 bits per heavy atom. The first-order chi connectivity index (χ1) is 13.8. The van der Waals surface area contributed by atoms with E-state index in [0.717, 1.165) is 28.4 Å². The summed E-state index contributed by atoms with van der Waals surface area (Å²) >= 11 is 0. The number of carbonyl (C=O) groups is 7. The van der Waals surface area contributed by atoms with Crippen LogP contribution in [0.1, 0.15) is 13.3 Å². The number of esters is 4. The molecule has 0 bridgehead atoms. The molecule has 0 aliphatic heterocycles. The highest BCUT2D eigenvalue weighted by Crippen LogP contribution is 2.25. The van der Waals surface area contributed by atoms with Crippen LogP contribution in [0.3, 0.4) is 0 Å². The summed E-state index contributed by atoms with van der Waals surface area (Å²) in [5, 5.41) is 25.2. The molecule has 0 aromatic carbocycles. The standard InChI is InChI=1S/C9H12O8.C7H10O6/c1-14-5(10)9(6(11)15-2,7(12)16-3)8(13)17-4;1-3(2-4(8)9)5(6(10)11)7(12)13/h1-4H3;3,5H,2H2,1H3,(H,8,9)(H,10,11)(H,12,13). The third-order valence-corrected chi connectivity index (χ3v) is 3.56. The van der Waals surface area contributed by atoms with Crippen molar-refractivity contribution in [2.45, 2.75) is 13.3 Å². The van der Waals surface area contributed by atoms with E-state index in [0.29, 0.717) is 0 Å². The number of aliphatic carboxylic acids is 3. The van der Waals surface area contributed by atoms with Gasteiger partial charge in [0.25, 0.3) is 0 Å². The van der Waals surface area contributed by atoms with Crippen molar-refractivity contribution in [3.63, 3.8) is 0 Å².